The number of nitrogens with two attached hydrogens (primary N) is 1. The minimum absolute atomic E-state index is 0.0106. The van der Waals surface area contributed by atoms with E-state index in [1.54, 1.807) is 14.2 Å². The highest BCUT2D eigenvalue weighted by molar-refractivity contribution is 5.87. The maximum atomic E-state index is 12.1. The highest BCUT2D eigenvalue weighted by Gasteiger charge is 2.19. The summed E-state index contributed by atoms with van der Waals surface area (Å²) in [6.07, 6.45) is 0. The first kappa shape index (κ1) is 20.8. The third-order valence-electron chi connectivity index (χ3n) is 4.06. The number of ether oxygens (including phenoxy) is 2. The molecule has 2 atom stereocenters. The van der Waals surface area contributed by atoms with Crippen LogP contribution in [0.15, 0.2) is 12.1 Å². The molecule has 0 bridgehead atoms. The Bertz CT molecular complexity index is 617. The fraction of sp³-hybridized carbons (Fsp3) is 0.556. The number of carbonyl (C=O) groups is 2. The van der Waals surface area contributed by atoms with E-state index in [-0.39, 0.29) is 30.3 Å². The van der Waals surface area contributed by atoms with E-state index in [2.05, 4.69) is 10.6 Å². The Morgan fingerprint density at radius 3 is 2.20 bits per heavy atom. The minimum Gasteiger partial charge on any atom is -0.493 e. The van der Waals surface area contributed by atoms with E-state index in [1.165, 1.54) is 0 Å². The molecule has 1 unspecified atom stereocenters. The number of rotatable bonds is 8. The number of benzene rings is 1. The SMILES string of the molecule is COc1cc(C)c(C(C)NC(=O)CNC(=O)[C@@H](N)C(C)C)cc1OC. The largest absolute Gasteiger partial charge is 0.493 e. The smallest absolute Gasteiger partial charge is 0.239 e. The van der Waals surface area contributed by atoms with Gasteiger partial charge in [0.15, 0.2) is 11.5 Å². The molecular weight excluding hydrogens is 322 g/mol. The number of hydrogen-bond acceptors (Lipinski definition) is 5. The van der Waals surface area contributed by atoms with Gasteiger partial charge in [0, 0.05) is 0 Å². The van der Waals surface area contributed by atoms with Gasteiger partial charge in [0.2, 0.25) is 11.8 Å². The average molecular weight is 351 g/mol. The van der Waals surface area contributed by atoms with Crippen LogP contribution in [0, 0.1) is 12.8 Å². The highest BCUT2D eigenvalue weighted by Crippen LogP contribution is 2.32. The van der Waals surface area contributed by atoms with Gasteiger partial charge in [-0.15, -0.1) is 0 Å². The van der Waals surface area contributed by atoms with Gasteiger partial charge >= 0.3 is 0 Å². The second-order valence-electron chi connectivity index (χ2n) is 6.34. The molecular formula is C18H29N3O4. The van der Waals surface area contributed by atoms with Crippen molar-refractivity contribution in [2.24, 2.45) is 11.7 Å². The molecule has 1 rings (SSSR count). The lowest BCUT2D eigenvalue weighted by Crippen LogP contribution is -2.47. The van der Waals surface area contributed by atoms with Gasteiger partial charge in [-0.1, -0.05) is 13.8 Å². The van der Waals surface area contributed by atoms with Crippen molar-refractivity contribution < 1.29 is 19.1 Å². The number of methoxy groups -OCH3 is 2. The summed E-state index contributed by atoms with van der Waals surface area (Å²) < 4.78 is 10.6. The van der Waals surface area contributed by atoms with E-state index in [0.29, 0.717) is 11.5 Å². The maximum absolute atomic E-state index is 12.1. The Balaban J connectivity index is 2.71. The summed E-state index contributed by atoms with van der Waals surface area (Å²) in [4.78, 5) is 23.9. The van der Waals surface area contributed by atoms with Crippen LogP contribution in [0.2, 0.25) is 0 Å². The number of carbonyl (C=O) groups excluding carboxylic acids is 2. The molecule has 1 aromatic carbocycles. The molecule has 2 amide bonds. The molecule has 0 saturated heterocycles. The van der Waals surface area contributed by atoms with Crippen LogP contribution in [-0.4, -0.2) is 38.6 Å². The van der Waals surface area contributed by atoms with Gasteiger partial charge in [0.1, 0.15) is 0 Å². The maximum Gasteiger partial charge on any atom is 0.239 e. The Labute approximate surface area is 149 Å². The molecule has 7 nitrogen and oxygen atoms in total. The minimum atomic E-state index is -0.627. The third kappa shape index (κ3) is 5.63. The zero-order valence-electron chi connectivity index (χ0n) is 15.8. The summed E-state index contributed by atoms with van der Waals surface area (Å²) >= 11 is 0. The van der Waals surface area contributed by atoms with Gasteiger partial charge in [-0.25, -0.2) is 0 Å². The van der Waals surface area contributed by atoms with Crippen LogP contribution in [0.5, 0.6) is 11.5 Å². The van der Waals surface area contributed by atoms with Gasteiger partial charge in [0.05, 0.1) is 32.8 Å². The lowest BCUT2D eigenvalue weighted by atomic mass is 10.0. The van der Waals surface area contributed by atoms with Crippen molar-refractivity contribution >= 4 is 11.8 Å². The van der Waals surface area contributed by atoms with Gasteiger partial charge in [-0.2, -0.15) is 0 Å². The summed E-state index contributed by atoms with van der Waals surface area (Å²) in [5.41, 5.74) is 7.63. The average Bonchev–Trinajstić information content (AvgIpc) is 2.58. The number of hydrogen-bond donors (Lipinski definition) is 3. The van der Waals surface area contributed by atoms with E-state index < -0.39 is 6.04 Å². The van der Waals surface area contributed by atoms with Crippen molar-refractivity contribution in [2.45, 2.75) is 39.8 Å². The lowest BCUT2D eigenvalue weighted by molar-refractivity contribution is -0.127. The normalized spacial score (nSPS) is 13.1. The van der Waals surface area contributed by atoms with Gasteiger partial charge < -0.3 is 25.8 Å². The lowest BCUT2D eigenvalue weighted by Gasteiger charge is -2.20. The standard InChI is InChI=1S/C18H29N3O4/c1-10(2)17(19)18(23)20-9-16(22)21-12(4)13-8-15(25-6)14(24-5)7-11(13)3/h7-8,10,12,17H,9,19H2,1-6H3,(H,20,23)(H,21,22)/t12?,17-/m0/s1. The van der Waals surface area contributed by atoms with E-state index in [0.717, 1.165) is 11.1 Å². The summed E-state index contributed by atoms with van der Waals surface area (Å²) in [5.74, 6) is 0.625. The molecule has 0 aliphatic rings. The summed E-state index contributed by atoms with van der Waals surface area (Å²) in [6.45, 7) is 7.39. The second kappa shape index (κ2) is 9.27. The monoisotopic (exact) mass is 351 g/mol. The van der Waals surface area contributed by atoms with E-state index in [1.807, 2.05) is 39.8 Å². The Morgan fingerprint density at radius 1 is 1.12 bits per heavy atom. The van der Waals surface area contributed by atoms with Crippen LogP contribution in [0.25, 0.3) is 0 Å². The van der Waals surface area contributed by atoms with Crippen molar-refractivity contribution in [3.63, 3.8) is 0 Å². The molecule has 25 heavy (non-hydrogen) atoms. The number of nitrogens with one attached hydrogen (secondary N) is 2. The van der Waals surface area contributed by atoms with Crippen LogP contribution in [0.1, 0.15) is 37.9 Å². The molecule has 7 heteroatoms. The quantitative estimate of drug-likeness (QED) is 0.655. The molecule has 0 aliphatic carbocycles. The van der Waals surface area contributed by atoms with Crippen molar-refractivity contribution in [3.05, 3.63) is 23.3 Å². The Morgan fingerprint density at radius 2 is 1.68 bits per heavy atom. The molecule has 4 N–H and O–H groups in total. The highest BCUT2D eigenvalue weighted by atomic mass is 16.5. The second-order valence-corrected chi connectivity index (χ2v) is 6.34. The first-order chi connectivity index (χ1) is 11.7. The van der Waals surface area contributed by atoms with E-state index >= 15 is 0 Å². The first-order valence-corrected chi connectivity index (χ1v) is 8.26. The molecule has 0 fully saturated rings. The third-order valence-corrected chi connectivity index (χ3v) is 4.06. The van der Waals surface area contributed by atoms with Gasteiger partial charge in [-0.05, 0) is 43.0 Å². The van der Waals surface area contributed by atoms with Crippen molar-refractivity contribution in [3.8, 4) is 11.5 Å². The summed E-state index contributed by atoms with van der Waals surface area (Å²) in [7, 11) is 3.14. The first-order valence-electron chi connectivity index (χ1n) is 8.26. The molecule has 140 valence electrons. The van der Waals surface area contributed by atoms with Crippen LogP contribution in [0.3, 0.4) is 0 Å². The van der Waals surface area contributed by atoms with E-state index in [4.69, 9.17) is 15.2 Å². The van der Waals surface area contributed by atoms with Crippen LogP contribution < -0.4 is 25.8 Å². The predicted molar refractivity (Wildman–Crippen MR) is 96.7 cm³/mol. The van der Waals surface area contributed by atoms with Crippen molar-refractivity contribution in [1.29, 1.82) is 0 Å². The number of aryl methyl sites for hydroxylation is 1. The molecule has 0 aliphatic heterocycles. The molecule has 1 aromatic rings. The van der Waals surface area contributed by atoms with Crippen LogP contribution >= 0.6 is 0 Å². The zero-order chi connectivity index (χ0) is 19.1. The van der Waals surface area contributed by atoms with Crippen LogP contribution in [0.4, 0.5) is 0 Å². The van der Waals surface area contributed by atoms with E-state index in [9.17, 15) is 9.59 Å². The predicted octanol–water partition coefficient (Wildman–Crippen LogP) is 1.29. The Hall–Kier alpha value is -2.28. The van der Waals surface area contributed by atoms with Gasteiger partial charge in [0.25, 0.3) is 0 Å². The molecule has 0 radical (unpaired) electrons. The summed E-state index contributed by atoms with van der Waals surface area (Å²) in [5, 5.41) is 5.41. The fourth-order valence-electron chi connectivity index (χ4n) is 2.42. The van der Waals surface area contributed by atoms with Gasteiger partial charge in [-0.3, -0.25) is 9.59 Å². The molecule has 0 saturated carbocycles. The molecule has 0 aromatic heterocycles. The number of amides is 2. The van der Waals surface area contributed by atoms with Crippen molar-refractivity contribution in [1.82, 2.24) is 10.6 Å². The van der Waals surface area contributed by atoms with Crippen LogP contribution in [-0.2, 0) is 9.59 Å². The fourth-order valence-corrected chi connectivity index (χ4v) is 2.42. The topological polar surface area (TPSA) is 103 Å². The molecule has 0 heterocycles. The van der Waals surface area contributed by atoms with Crippen molar-refractivity contribution in [2.75, 3.05) is 20.8 Å². The Kier molecular flexibility index (Phi) is 7.70. The molecule has 0 spiro atoms. The zero-order valence-corrected chi connectivity index (χ0v) is 15.8. The summed E-state index contributed by atoms with van der Waals surface area (Å²) in [6, 6.07) is 2.83.